The van der Waals surface area contributed by atoms with Gasteiger partial charge in [-0.2, -0.15) is 0 Å². The van der Waals surface area contributed by atoms with Crippen molar-refractivity contribution >= 4 is 5.97 Å². The van der Waals surface area contributed by atoms with Crippen molar-refractivity contribution in [2.24, 2.45) is 0 Å². The van der Waals surface area contributed by atoms with E-state index >= 15 is 0 Å². The summed E-state index contributed by atoms with van der Waals surface area (Å²) in [6.07, 6.45) is 2.98. The first-order chi connectivity index (χ1) is 10.4. The van der Waals surface area contributed by atoms with Gasteiger partial charge in [0, 0.05) is 5.56 Å². The van der Waals surface area contributed by atoms with Crippen molar-refractivity contribution in [3.05, 3.63) is 48.6 Å². The van der Waals surface area contributed by atoms with Gasteiger partial charge in [-0.05, 0) is 45.7 Å². The van der Waals surface area contributed by atoms with Crippen molar-refractivity contribution in [2.75, 3.05) is 6.61 Å². The molecule has 1 atom stereocenters. The van der Waals surface area contributed by atoms with E-state index in [1.165, 1.54) is 0 Å². The van der Waals surface area contributed by atoms with Gasteiger partial charge >= 0.3 is 5.97 Å². The van der Waals surface area contributed by atoms with Gasteiger partial charge < -0.3 is 9.47 Å². The van der Waals surface area contributed by atoms with Gasteiger partial charge in [-0.15, -0.1) is 6.58 Å². The Morgan fingerprint density at radius 1 is 1.32 bits per heavy atom. The van der Waals surface area contributed by atoms with Crippen LogP contribution in [0.1, 0.15) is 39.2 Å². The molecule has 0 saturated heterocycles. The van der Waals surface area contributed by atoms with Crippen LogP contribution < -0.4 is 0 Å². The molecule has 0 saturated carbocycles. The molecule has 0 spiro atoms. The van der Waals surface area contributed by atoms with E-state index in [1.54, 1.807) is 0 Å². The van der Waals surface area contributed by atoms with Gasteiger partial charge in [-0.1, -0.05) is 36.1 Å². The number of esters is 1. The van der Waals surface area contributed by atoms with Gasteiger partial charge in [-0.25, -0.2) is 4.79 Å². The molecule has 1 unspecified atom stereocenters. The molecule has 0 amide bonds. The van der Waals surface area contributed by atoms with Crippen molar-refractivity contribution in [1.82, 2.24) is 0 Å². The Bertz CT molecular complexity index is 529. The second-order valence-corrected chi connectivity index (χ2v) is 5.89. The van der Waals surface area contributed by atoms with Gasteiger partial charge in [-0.3, -0.25) is 0 Å². The third-order valence-electron chi connectivity index (χ3n) is 2.61. The number of carbonyl (C=O) groups excluding carboxylic acids is 1. The third kappa shape index (κ3) is 8.28. The lowest BCUT2D eigenvalue weighted by atomic mass is 10.1. The molecule has 0 aliphatic rings. The Labute approximate surface area is 133 Å². The highest BCUT2D eigenvalue weighted by molar-refractivity contribution is 5.71. The first-order valence-corrected chi connectivity index (χ1v) is 7.41. The maximum absolute atomic E-state index is 11.7. The summed E-state index contributed by atoms with van der Waals surface area (Å²) in [4.78, 5) is 11.7. The topological polar surface area (TPSA) is 35.5 Å². The number of hydrogen-bond donors (Lipinski definition) is 0. The van der Waals surface area contributed by atoms with Crippen molar-refractivity contribution in [3.63, 3.8) is 0 Å². The fourth-order valence-electron chi connectivity index (χ4n) is 1.69. The molecular weight excluding hydrogens is 276 g/mol. The van der Waals surface area contributed by atoms with E-state index in [9.17, 15) is 4.79 Å². The molecule has 22 heavy (non-hydrogen) atoms. The number of rotatable bonds is 6. The molecule has 3 heteroatoms. The van der Waals surface area contributed by atoms with Crippen LogP contribution in [0.5, 0.6) is 0 Å². The van der Waals surface area contributed by atoms with E-state index in [-0.39, 0.29) is 18.7 Å². The van der Waals surface area contributed by atoms with E-state index in [1.807, 2.05) is 57.2 Å². The smallest absolute Gasteiger partial charge is 0.332 e. The van der Waals surface area contributed by atoms with Gasteiger partial charge in [0.2, 0.25) is 0 Å². The quantitative estimate of drug-likeness (QED) is 0.456. The maximum Gasteiger partial charge on any atom is 0.332 e. The molecule has 1 rings (SSSR count). The second kappa shape index (κ2) is 9.07. The highest BCUT2D eigenvalue weighted by Gasteiger charge is 2.17. The number of benzene rings is 1. The van der Waals surface area contributed by atoms with Crippen molar-refractivity contribution in [3.8, 4) is 11.8 Å². The van der Waals surface area contributed by atoms with E-state index in [4.69, 9.17) is 9.47 Å². The second-order valence-electron chi connectivity index (χ2n) is 5.89. The lowest BCUT2D eigenvalue weighted by molar-refractivity contribution is -0.161. The minimum Gasteiger partial charge on any atom is -0.458 e. The minimum absolute atomic E-state index is 0.0947. The molecule has 0 aromatic heterocycles. The van der Waals surface area contributed by atoms with Crippen molar-refractivity contribution < 1.29 is 14.3 Å². The molecule has 0 aliphatic carbocycles. The van der Waals surface area contributed by atoms with Crippen LogP contribution >= 0.6 is 0 Å². The first kappa shape index (κ1) is 18.0. The number of allylic oxidation sites excluding steroid dienone is 1. The summed E-state index contributed by atoms with van der Waals surface area (Å²) in [5.74, 6) is 5.75. The Hall–Kier alpha value is -2.05. The zero-order valence-corrected chi connectivity index (χ0v) is 13.6. The molecule has 0 heterocycles. The zero-order chi connectivity index (χ0) is 16.4. The average molecular weight is 300 g/mol. The van der Waals surface area contributed by atoms with Crippen LogP contribution in [0.4, 0.5) is 0 Å². The van der Waals surface area contributed by atoms with E-state index < -0.39 is 5.60 Å². The predicted molar refractivity (Wildman–Crippen MR) is 88.3 cm³/mol. The largest absolute Gasteiger partial charge is 0.458 e. The summed E-state index contributed by atoms with van der Waals surface area (Å²) in [5.41, 5.74) is 0.416. The zero-order valence-electron chi connectivity index (χ0n) is 13.6. The van der Waals surface area contributed by atoms with Gasteiger partial charge in [0.05, 0.1) is 0 Å². The van der Waals surface area contributed by atoms with E-state index in [0.717, 1.165) is 12.0 Å². The summed E-state index contributed by atoms with van der Waals surface area (Å²) < 4.78 is 10.8. The normalized spacial score (nSPS) is 12.0. The highest BCUT2D eigenvalue weighted by atomic mass is 16.6. The maximum atomic E-state index is 11.7. The highest BCUT2D eigenvalue weighted by Crippen LogP contribution is 2.08. The van der Waals surface area contributed by atoms with Gasteiger partial charge in [0.15, 0.2) is 0 Å². The molecule has 0 fully saturated rings. The van der Waals surface area contributed by atoms with Crippen molar-refractivity contribution in [2.45, 2.75) is 45.3 Å². The Morgan fingerprint density at radius 3 is 2.59 bits per heavy atom. The van der Waals surface area contributed by atoms with Crippen LogP contribution in [0.25, 0.3) is 0 Å². The van der Waals surface area contributed by atoms with Gasteiger partial charge in [0.1, 0.15) is 18.3 Å². The van der Waals surface area contributed by atoms with Crippen LogP contribution in [0.3, 0.4) is 0 Å². The monoisotopic (exact) mass is 300 g/mol. The Balaban J connectivity index is 2.59. The molecule has 118 valence electrons. The summed E-state index contributed by atoms with van der Waals surface area (Å²) in [6.45, 7) is 9.09. The summed E-state index contributed by atoms with van der Waals surface area (Å²) in [7, 11) is 0. The molecule has 3 nitrogen and oxygen atoms in total. The molecule has 0 bridgehead atoms. The number of carbonyl (C=O) groups is 1. The Kier molecular flexibility index (Phi) is 7.42. The fraction of sp³-hybridized carbons (Fsp3) is 0.421. The first-order valence-electron chi connectivity index (χ1n) is 7.41. The number of hydrogen-bond acceptors (Lipinski definition) is 3. The molecular formula is C19H24O3. The summed E-state index contributed by atoms with van der Waals surface area (Å²) >= 11 is 0. The molecule has 0 aliphatic heterocycles. The predicted octanol–water partition coefficient (Wildman–Crippen LogP) is 3.73. The Morgan fingerprint density at radius 2 is 2.00 bits per heavy atom. The third-order valence-corrected chi connectivity index (χ3v) is 2.61. The van der Waals surface area contributed by atoms with E-state index in [2.05, 4.69) is 18.4 Å². The molecule has 1 aromatic carbocycles. The summed E-state index contributed by atoms with van der Waals surface area (Å²) in [5, 5.41) is 0. The minimum atomic E-state index is -0.507. The van der Waals surface area contributed by atoms with E-state index in [0.29, 0.717) is 6.42 Å². The van der Waals surface area contributed by atoms with Crippen LogP contribution in [-0.4, -0.2) is 24.3 Å². The molecule has 1 aromatic rings. The summed E-state index contributed by atoms with van der Waals surface area (Å²) in [6, 6.07) is 9.69. The van der Waals surface area contributed by atoms with Crippen LogP contribution in [-0.2, 0) is 14.3 Å². The van der Waals surface area contributed by atoms with Crippen LogP contribution in [0.15, 0.2) is 43.0 Å². The van der Waals surface area contributed by atoms with Gasteiger partial charge in [0.25, 0.3) is 0 Å². The molecule has 0 N–H and O–H groups in total. The molecule has 0 radical (unpaired) electrons. The van der Waals surface area contributed by atoms with Crippen LogP contribution in [0, 0.1) is 11.8 Å². The van der Waals surface area contributed by atoms with Crippen molar-refractivity contribution in [1.29, 1.82) is 0 Å². The SMILES string of the molecule is C=CCCC(C#Cc1ccccc1)OCC(=O)OC(C)(C)C. The lowest BCUT2D eigenvalue weighted by Gasteiger charge is -2.20. The van der Waals surface area contributed by atoms with Crippen LogP contribution in [0.2, 0.25) is 0 Å². The fourth-order valence-corrected chi connectivity index (χ4v) is 1.69. The average Bonchev–Trinajstić information content (AvgIpc) is 2.45. The standard InChI is InChI=1S/C19H24O3/c1-5-6-12-17(14-13-16-10-8-7-9-11-16)21-15-18(20)22-19(2,3)4/h5,7-11,17H,1,6,12,15H2,2-4H3. The lowest BCUT2D eigenvalue weighted by Crippen LogP contribution is -2.28. The number of ether oxygens (including phenoxy) is 2.